The molecule has 0 saturated carbocycles. The maximum absolute atomic E-state index is 12.0. The Morgan fingerprint density at radius 2 is 2.14 bits per heavy atom. The van der Waals surface area contributed by atoms with E-state index < -0.39 is 0 Å². The summed E-state index contributed by atoms with van der Waals surface area (Å²) in [6, 6.07) is 0. The van der Waals surface area contributed by atoms with E-state index in [0.29, 0.717) is 0 Å². The molecule has 0 radical (unpaired) electrons. The molecule has 4 heteroatoms. The van der Waals surface area contributed by atoms with Crippen LogP contribution in [0.1, 0.15) is 35.3 Å². The van der Waals surface area contributed by atoms with Crippen molar-refractivity contribution in [2.75, 3.05) is 13.1 Å². The van der Waals surface area contributed by atoms with Crippen molar-refractivity contribution in [3.8, 4) is 0 Å². The number of carbonyl (C=O) groups is 1. The van der Waals surface area contributed by atoms with Crippen molar-refractivity contribution in [2.24, 2.45) is 0 Å². The fourth-order valence-electron chi connectivity index (χ4n) is 1.77. The second kappa shape index (κ2) is 4.09. The molecule has 1 aliphatic rings. The summed E-state index contributed by atoms with van der Waals surface area (Å²) < 4.78 is 4.13. The zero-order valence-electron chi connectivity index (χ0n) is 8.32. The summed E-state index contributed by atoms with van der Waals surface area (Å²) in [6.45, 7) is 3.72. The molecule has 0 aromatic carbocycles. The minimum Gasteiger partial charge on any atom is -0.339 e. The number of nitrogens with zero attached hydrogens (tertiary/aromatic N) is 2. The zero-order chi connectivity index (χ0) is 9.97. The topological polar surface area (TPSA) is 33.2 Å². The van der Waals surface area contributed by atoms with Crippen LogP contribution in [-0.2, 0) is 0 Å². The highest BCUT2D eigenvalue weighted by Gasteiger charge is 2.20. The van der Waals surface area contributed by atoms with Gasteiger partial charge in [0, 0.05) is 18.5 Å². The lowest BCUT2D eigenvalue weighted by Crippen LogP contribution is -2.35. The second-order valence-electron chi connectivity index (χ2n) is 3.67. The highest BCUT2D eigenvalue weighted by molar-refractivity contribution is 7.03. The molecule has 0 N–H and O–H groups in total. The number of amides is 1. The molecule has 0 unspecified atom stereocenters. The molecule has 1 amide bonds. The van der Waals surface area contributed by atoms with Gasteiger partial charge < -0.3 is 4.90 Å². The molecule has 1 fully saturated rings. The van der Waals surface area contributed by atoms with E-state index >= 15 is 0 Å². The van der Waals surface area contributed by atoms with Gasteiger partial charge >= 0.3 is 0 Å². The Bertz CT molecular complexity index is 329. The number of hydrogen-bond acceptors (Lipinski definition) is 3. The normalized spacial score (nSPS) is 17.1. The number of hydrogen-bond donors (Lipinski definition) is 0. The molecule has 1 saturated heterocycles. The van der Waals surface area contributed by atoms with E-state index in [1.165, 1.54) is 18.0 Å². The molecule has 1 aromatic rings. The van der Waals surface area contributed by atoms with E-state index in [-0.39, 0.29) is 5.91 Å². The first-order valence-corrected chi connectivity index (χ1v) is 5.83. The molecular weight excluding hydrogens is 196 g/mol. The van der Waals surface area contributed by atoms with E-state index in [1.54, 1.807) is 0 Å². The molecular formula is C10H14N2OS. The summed E-state index contributed by atoms with van der Waals surface area (Å²) >= 11 is 1.36. The lowest BCUT2D eigenvalue weighted by molar-refractivity contribution is 0.0724. The van der Waals surface area contributed by atoms with Gasteiger partial charge in [0.2, 0.25) is 0 Å². The number of piperidine rings is 1. The maximum atomic E-state index is 12.0. The molecule has 0 aliphatic carbocycles. The van der Waals surface area contributed by atoms with E-state index in [9.17, 15) is 4.79 Å². The zero-order valence-corrected chi connectivity index (χ0v) is 9.14. The van der Waals surface area contributed by atoms with Crippen LogP contribution in [0.15, 0.2) is 5.38 Å². The summed E-state index contributed by atoms with van der Waals surface area (Å²) in [5.74, 6) is 0.163. The summed E-state index contributed by atoms with van der Waals surface area (Å²) in [5.41, 5.74) is 1.66. The van der Waals surface area contributed by atoms with E-state index in [1.807, 2.05) is 17.2 Å². The van der Waals surface area contributed by atoms with Crippen LogP contribution in [0.2, 0.25) is 0 Å². The number of aryl methyl sites for hydroxylation is 1. The number of rotatable bonds is 1. The van der Waals surface area contributed by atoms with Crippen LogP contribution < -0.4 is 0 Å². The summed E-state index contributed by atoms with van der Waals surface area (Å²) in [4.78, 5) is 13.9. The number of likely N-dealkylation sites (tertiary alicyclic amines) is 1. The summed E-state index contributed by atoms with van der Waals surface area (Å²) in [6.07, 6.45) is 3.54. The first-order valence-electron chi connectivity index (χ1n) is 4.99. The van der Waals surface area contributed by atoms with Crippen LogP contribution in [0.25, 0.3) is 0 Å². The van der Waals surface area contributed by atoms with E-state index in [4.69, 9.17) is 0 Å². The molecule has 1 aliphatic heterocycles. The SMILES string of the molecule is Cc1nscc1C(=O)N1CCCCC1. The average Bonchev–Trinajstić information content (AvgIpc) is 2.65. The Kier molecular flexibility index (Phi) is 2.82. The molecule has 0 atom stereocenters. The third kappa shape index (κ3) is 1.80. The van der Waals surface area contributed by atoms with Gasteiger partial charge in [0.15, 0.2) is 0 Å². The van der Waals surface area contributed by atoms with Gasteiger partial charge in [-0.2, -0.15) is 4.37 Å². The van der Waals surface area contributed by atoms with Crippen molar-refractivity contribution in [3.63, 3.8) is 0 Å². The van der Waals surface area contributed by atoms with Gasteiger partial charge in [0.1, 0.15) is 0 Å². The van der Waals surface area contributed by atoms with Gasteiger partial charge in [0.25, 0.3) is 5.91 Å². The van der Waals surface area contributed by atoms with Gasteiger partial charge in [-0.3, -0.25) is 4.79 Å². The molecule has 14 heavy (non-hydrogen) atoms. The molecule has 2 heterocycles. The van der Waals surface area contributed by atoms with Gasteiger partial charge in [-0.25, -0.2) is 0 Å². The Morgan fingerprint density at radius 1 is 1.43 bits per heavy atom. The number of carbonyl (C=O) groups excluding carboxylic acids is 1. The monoisotopic (exact) mass is 210 g/mol. The Balaban J connectivity index is 2.11. The van der Waals surface area contributed by atoms with Crippen LogP contribution in [-0.4, -0.2) is 28.3 Å². The minimum absolute atomic E-state index is 0.163. The first kappa shape index (κ1) is 9.65. The van der Waals surface area contributed by atoms with E-state index in [0.717, 1.165) is 37.2 Å². The van der Waals surface area contributed by atoms with Crippen LogP contribution in [0, 0.1) is 6.92 Å². The van der Waals surface area contributed by atoms with Crippen molar-refractivity contribution in [2.45, 2.75) is 26.2 Å². The molecule has 0 bridgehead atoms. The predicted molar refractivity (Wildman–Crippen MR) is 56.6 cm³/mol. The highest BCUT2D eigenvalue weighted by Crippen LogP contribution is 2.16. The Labute approximate surface area is 87.9 Å². The quantitative estimate of drug-likeness (QED) is 0.711. The Morgan fingerprint density at radius 3 is 2.71 bits per heavy atom. The second-order valence-corrected chi connectivity index (χ2v) is 4.30. The van der Waals surface area contributed by atoms with Gasteiger partial charge in [-0.1, -0.05) is 0 Å². The fourth-order valence-corrected chi connectivity index (χ4v) is 2.45. The largest absolute Gasteiger partial charge is 0.339 e. The lowest BCUT2D eigenvalue weighted by atomic mass is 10.1. The molecule has 1 aromatic heterocycles. The number of aromatic nitrogens is 1. The lowest BCUT2D eigenvalue weighted by Gasteiger charge is -2.26. The Hall–Kier alpha value is -0.900. The minimum atomic E-state index is 0.163. The van der Waals surface area contributed by atoms with Crippen LogP contribution in [0.5, 0.6) is 0 Å². The molecule has 0 spiro atoms. The smallest absolute Gasteiger partial charge is 0.256 e. The third-order valence-corrected chi connectivity index (χ3v) is 3.34. The maximum Gasteiger partial charge on any atom is 0.256 e. The van der Waals surface area contributed by atoms with Gasteiger partial charge in [0.05, 0.1) is 11.3 Å². The average molecular weight is 210 g/mol. The van der Waals surface area contributed by atoms with E-state index in [2.05, 4.69) is 4.37 Å². The summed E-state index contributed by atoms with van der Waals surface area (Å²) in [5, 5.41) is 1.85. The van der Waals surface area contributed by atoms with Crippen molar-refractivity contribution in [3.05, 3.63) is 16.6 Å². The van der Waals surface area contributed by atoms with Crippen molar-refractivity contribution >= 4 is 17.4 Å². The van der Waals surface area contributed by atoms with Crippen LogP contribution >= 0.6 is 11.5 Å². The predicted octanol–water partition coefficient (Wildman–Crippen LogP) is 2.08. The van der Waals surface area contributed by atoms with Crippen molar-refractivity contribution in [1.82, 2.24) is 9.27 Å². The molecule has 76 valence electrons. The molecule has 2 rings (SSSR count). The van der Waals surface area contributed by atoms with Crippen LogP contribution in [0.4, 0.5) is 0 Å². The third-order valence-electron chi connectivity index (χ3n) is 2.62. The van der Waals surface area contributed by atoms with Crippen molar-refractivity contribution in [1.29, 1.82) is 0 Å². The first-order chi connectivity index (χ1) is 6.79. The summed E-state index contributed by atoms with van der Waals surface area (Å²) in [7, 11) is 0. The molecule has 3 nitrogen and oxygen atoms in total. The van der Waals surface area contributed by atoms with Gasteiger partial charge in [-0.15, -0.1) is 0 Å². The van der Waals surface area contributed by atoms with Crippen LogP contribution in [0.3, 0.4) is 0 Å². The fraction of sp³-hybridized carbons (Fsp3) is 0.600. The highest BCUT2D eigenvalue weighted by atomic mass is 32.1. The van der Waals surface area contributed by atoms with Crippen molar-refractivity contribution < 1.29 is 4.79 Å². The van der Waals surface area contributed by atoms with Gasteiger partial charge in [-0.05, 0) is 37.7 Å². The standard InChI is InChI=1S/C10H14N2OS/c1-8-9(7-14-11-8)10(13)12-5-3-2-4-6-12/h7H,2-6H2,1H3.